The largest absolute Gasteiger partial charge is 0.497 e. The number of ether oxygens (including phenoxy) is 1. The summed E-state index contributed by atoms with van der Waals surface area (Å²) in [7, 11) is 1.58. The van der Waals surface area contributed by atoms with Crippen LogP contribution in [-0.4, -0.2) is 34.7 Å². The van der Waals surface area contributed by atoms with Gasteiger partial charge in [0, 0.05) is 24.7 Å². The van der Waals surface area contributed by atoms with Gasteiger partial charge < -0.3 is 10.1 Å². The van der Waals surface area contributed by atoms with Crippen molar-refractivity contribution in [2.45, 2.75) is 19.8 Å². The van der Waals surface area contributed by atoms with Crippen molar-refractivity contribution in [3.63, 3.8) is 0 Å². The number of nitrogens with zero attached hydrogens (tertiary/aromatic N) is 1. The maximum Gasteiger partial charge on any atom is 0.266 e. The molecule has 1 aliphatic heterocycles. The van der Waals surface area contributed by atoms with Crippen LogP contribution in [0.3, 0.4) is 0 Å². The van der Waals surface area contributed by atoms with Gasteiger partial charge >= 0.3 is 0 Å². The zero-order valence-electron chi connectivity index (χ0n) is 16.3. The molecule has 2 aromatic rings. The van der Waals surface area contributed by atoms with Crippen LogP contribution >= 0.6 is 24.0 Å². The first-order valence-corrected chi connectivity index (χ1v) is 10.4. The van der Waals surface area contributed by atoms with Crippen LogP contribution in [0.1, 0.15) is 24.0 Å². The summed E-state index contributed by atoms with van der Waals surface area (Å²) in [5.74, 6) is 0.466. The van der Waals surface area contributed by atoms with Crippen LogP contribution in [0.2, 0.25) is 0 Å². The van der Waals surface area contributed by atoms with Gasteiger partial charge in [-0.1, -0.05) is 59.9 Å². The van der Waals surface area contributed by atoms with Gasteiger partial charge in [0.05, 0.1) is 12.0 Å². The third kappa shape index (κ3) is 5.68. The minimum Gasteiger partial charge on any atom is -0.497 e. The number of thiocarbonyl (C=S) groups is 1. The molecular formula is C22H22N2O3S2. The molecule has 1 fully saturated rings. The molecule has 0 bridgehead atoms. The SMILES string of the molecule is COc1cccc(NC(=O)CCCN2C(=O)/C(=C/c3ccc(C)cc3)SC2=S)c1. The molecule has 0 saturated carbocycles. The highest BCUT2D eigenvalue weighted by Gasteiger charge is 2.31. The smallest absolute Gasteiger partial charge is 0.266 e. The lowest BCUT2D eigenvalue weighted by Gasteiger charge is -2.14. The van der Waals surface area contributed by atoms with E-state index in [9.17, 15) is 9.59 Å². The third-order valence-corrected chi connectivity index (χ3v) is 5.77. The van der Waals surface area contributed by atoms with Crippen LogP contribution in [0.25, 0.3) is 6.08 Å². The molecule has 1 N–H and O–H groups in total. The van der Waals surface area contributed by atoms with Crippen molar-refractivity contribution in [3.8, 4) is 5.75 Å². The van der Waals surface area contributed by atoms with Gasteiger partial charge in [-0.15, -0.1) is 0 Å². The zero-order chi connectivity index (χ0) is 20.8. The number of methoxy groups -OCH3 is 1. The Hall–Kier alpha value is -2.64. The molecule has 2 amide bonds. The van der Waals surface area contributed by atoms with E-state index in [4.69, 9.17) is 17.0 Å². The molecule has 0 atom stereocenters. The molecule has 150 valence electrons. The molecule has 0 aliphatic carbocycles. The summed E-state index contributed by atoms with van der Waals surface area (Å²) in [5, 5.41) is 2.84. The van der Waals surface area contributed by atoms with Gasteiger partial charge in [-0.05, 0) is 37.1 Å². The second-order valence-electron chi connectivity index (χ2n) is 6.63. The fourth-order valence-electron chi connectivity index (χ4n) is 2.83. The molecule has 3 rings (SSSR count). The van der Waals surface area contributed by atoms with E-state index in [1.165, 1.54) is 17.3 Å². The quantitative estimate of drug-likeness (QED) is 0.517. The highest BCUT2D eigenvalue weighted by Crippen LogP contribution is 2.32. The summed E-state index contributed by atoms with van der Waals surface area (Å²) in [6.07, 6.45) is 2.68. The van der Waals surface area contributed by atoms with E-state index in [0.717, 1.165) is 5.56 Å². The Bertz CT molecular complexity index is 955. The van der Waals surface area contributed by atoms with Gasteiger partial charge in [0.1, 0.15) is 10.1 Å². The van der Waals surface area contributed by atoms with Crippen molar-refractivity contribution in [3.05, 3.63) is 64.6 Å². The van der Waals surface area contributed by atoms with Crippen molar-refractivity contribution in [1.29, 1.82) is 0 Å². The molecule has 7 heteroatoms. The van der Waals surface area contributed by atoms with Crippen LogP contribution in [-0.2, 0) is 9.59 Å². The van der Waals surface area contributed by atoms with E-state index in [-0.39, 0.29) is 11.8 Å². The Morgan fingerprint density at radius 1 is 1.24 bits per heavy atom. The first-order valence-electron chi connectivity index (χ1n) is 9.22. The fourth-order valence-corrected chi connectivity index (χ4v) is 4.14. The number of carbonyl (C=O) groups excluding carboxylic acids is 2. The molecule has 0 unspecified atom stereocenters. The van der Waals surface area contributed by atoms with Crippen LogP contribution in [0.15, 0.2) is 53.4 Å². The normalized spacial score (nSPS) is 15.1. The molecule has 0 radical (unpaired) electrons. The van der Waals surface area contributed by atoms with Crippen LogP contribution < -0.4 is 10.1 Å². The van der Waals surface area contributed by atoms with Crippen LogP contribution in [0.5, 0.6) is 5.75 Å². The average Bonchev–Trinajstić information content (AvgIpc) is 2.97. The van der Waals surface area contributed by atoms with Crippen molar-refractivity contribution in [2.75, 3.05) is 19.0 Å². The predicted molar refractivity (Wildman–Crippen MR) is 122 cm³/mol. The molecular weight excluding hydrogens is 404 g/mol. The monoisotopic (exact) mass is 426 g/mol. The molecule has 0 aromatic heterocycles. The molecule has 5 nitrogen and oxygen atoms in total. The molecule has 1 saturated heterocycles. The van der Waals surface area contributed by atoms with E-state index in [1.807, 2.05) is 49.4 Å². The lowest BCUT2D eigenvalue weighted by Crippen LogP contribution is -2.29. The Balaban J connectivity index is 1.52. The van der Waals surface area contributed by atoms with E-state index in [1.54, 1.807) is 24.1 Å². The maximum absolute atomic E-state index is 12.7. The van der Waals surface area contributed by atoms with Crippen molar-refractivity contribution in [2.24, 2.45) is 0 Å². The summed E-state index contributed by atoms with van der Waals surface area (Å²) in [6.45, 7) is 2.44. The summed E-state index contributed by atoms with van der Waals surface area (Å²) in [6, 6.07) is 15.2. The number of nitrogens with one attached hydrogen (secondary N) is 1. The summed E-state index contributed by atoms with van der Waals surface area (Å²) in [5.41, 5.74) is 2.82. The van der Waals surface area contributed by atoms with E-state index < -0.39 is 0 Å². The van der Waals surface area contributed by atoms with Gasteiger partial charge in [-0.25, -0.2) is 0 Å². The van der Waals surface area contributed by atoms with Gasteiger partial charge in [-0.3, -0.25) is 14.5 Å². The number of carbonyl (C=O) groups is 2. The average molecular weight is 427 g/mol. The van der Waals surface area contributed by atoms with E-state index in [0.29, 0.717) is 40.0 Å². The Morgan fingerprint density at radius 2 is 2.00 bits per heavy atom. The molecule has 2 aromatic carbocycles. The number of rotatable bonds is 7. The number of amides is 2. The fraction of sp³-hybridized carbons (Fsp3) is 0.227. The Morgan fingerprint density at radius 3 is 2.72 bits per heavy atom. The Kier molecular flexibility index (Phi) is 7.06. The van der Waals surface area contributed by atoms with E-state index in [2.05, 4.69) is 5.32 Å². The third-order valence-electron chi connectivity index (χ3n) is 4.39. The second kappa shape index (κ2) is 9.71. The van der Waals surface area contributed by atoms with Gasteiger partial charge in [-0.2, -0.15) is 0 Å². The van der Waals surface area contributed by atoms with Gasteiger partial charge in [0.15, 0.2) is 0 Å². The molecule has 1 heterocycles. The number of aryl methyl sites for hydroxylation is 1. The molecule has 1 aliphatic rings. The highest BCUT2D eigenvalue weighted by molar-refractivity contribution is 8.26. The second-order valence-corrected chi connectivity index (χ2v) is 8.30. The zero-order valence-corrected chi connectivity index (χ0v) is 17.9. The number of benzene rings is 2. The summed E-state index contributed by atoms with van der Waals surface area (Å²) >= 11 is 6.66. The highest BCUT2D eigenvalue weighted by atomic mass is 32.2. The van der Waals surface area contributed by atoms with Crippen LogP contribution in [0.4, 0.5) is 5.69 Å². The number of anilines is 1. The topological polar surface area (TPSA) is 58.6 Å². The van der Waals surface area contributed by atoms with Crippen molar-refractivity contribution < 1.29 is 14.3 Å². The molecule has 0 spiro atoms. The predicted octanol–water partition coefficient (Wildman–Crippen LogP) is 4.62. The molecule has 29 heavy (non-hydrogen) atoms. The number of thioether (sulfide) groups is 1. The Labute approximate surface area is 180 Å². The minimum absolute atomic E-state index is 0.103. The first kappa shape index (κ1) is 21.1. The minimum atomic E-state index is -0.112. The van der Waals surface area contributed by atoms with Gasteiger partial charge in [0.25, 0.3) is 5.91 Å². The number of hydrogen-bond acceptors (Lipinski definition) is 5. The lowest BCUT2D eigenvalue weighted by molar-refractivity contribution is -0.122. The van der Waals surface area contributed by atoms with Crippen molar-refractivity contribution >= 4 is 51.9 Å². The van der Waals surface area contributed by atoms with E-state index >= 15 is 0 Å². The van der Waals surface area contributed by atoms with Crippen molar-refractivity contribution in [1.82, 2.24) is 4.90 Å². The maximum atomic E-state index is 12.7. The number of hydrogen-bond donors (Lipinski definition) is 1. The first-order chi connectivity index (χ1) is 14.0. The van der Waals surface area contributed by atoms with Crippen LogP contribution in [0, 0.1) is 6.92 Å². The summed E-state index contributed by atoms with van der Waals surface area (Å²) < 4.78 is 5.68. The lowest BCUT2D eigenvalue weighted by atomic mass is 10.1. The standard InChI is InChI=1S/C22H22N2O3S2/c1-15-8-10-16(11-9-15)13-19-21(26)24(22(28)29-19)12-4-7-20(25)23-17-5-3-6-18(14-17)27-2/h3,5-6,8-11,13-14H,4,7,12H2,1-2H3,(H,23,25)/b19-13-. The van der Waals surface area contributed by atoms with Gasteiger partial charge in [0.2, 0.25) is 5.91 Å². The summed E-state index contributed by atoms with van der Waals surface area (Å²) in [4.78, 5) is 27.0.